The fraction of sp³-hybridized carbons (Fsp3) is 0.565. The van der Waals surface area contributed by atoms with Crippen molar-refractivity contribution in [3.8, 4) is 5.75 Å². The van der Waals surface area contributed by atoms with Crippen molar-refractivity contribution in [1.29, 1.82) is 0 Å². The van der Waals surface area contributed by atoms with Gasteiger partial charge >= 0.3 is 0 Å². The molecule has 156 valence electrons. The Bertz CT molecular complexity index is 772. The standard InChI is InChI=1S/C23H31N3O2S/c1-28-20-10-8-17(9-11-20)15-26-13-4-7-19(16-26)21(23-24-12-14-29-23)25-22(27)18-5-2-3-6-18/h8-12,14,18-19,21H,2-7,13,15-16H2,1H3,(H,25,27)/t19-,21+/m0/s1. The predicted molar refractivity (Wildman–Crippen MR) is 116 cm³/mol. The van der Waals surface area contributed by atoms with E-state index in [0.717, 1.165) is 56.1 Å². The Labute approximate surface area is 177 Å². The molecule has 1 N–H and O–H groups in total. The third kappa shape index (κ3) is 5.17. The highest BCUT2D eigenvalue weighted by Crippen LogP contribution is 2.33. The summed E-state index contributed by atoms with van der Waals surface area (Å²) in [5, 5.41) is 6.46. The van der Waals surface area contributed by atoms with Crippen LogP contribution in [0.4, 0.5) is 0 Å². The summed E-state index contributed by atoms with van der Waals surface area (Å²) in [6.45, 7) is 3.02. The van der Waals surface area contributed by atoms with E-state index in [1.54, 1.807) is 18.4 Å². The second-order valence-corrected chi connectivity index (χ2v) is 9.25. The third-order valence-corrected chi connectivity index (χ3v) is 7.18. The highest BCUT2D eigenvalue weighted by Gasteiger charge is 2.33. The van der Waals surface area contributed by atoms with Gasteiger partial charge < -0.3 is 10.1 Å². The molecular formula is C23H31N3O2S. The van der Waals surface area contributed by atoms with Crippen LogP contribution in [-0.2, 0) is 11.3 Å². The first-order valence-electron chi connectivity index (χ1n) is 10.8. The number of amides is 1. The summed E-state index contributed by atoms with van der Waals surface area (Å²) in [7, 11) is 1.70. The molecule has 1 aliphatic carbocycles. The molecule has 2 aliphatic rings. The van der Waals surface area contributed by atoms with E-state index in [9.17, 15) is 4.79 Å². The minimum atomic E-state index is 0.0294. The van der Waals surface area contributed by atoms with Gasteiger partial charge in [0, 0.05) is 30.6 Å². The van der Waals surface area contributed by atoms with E-state index in [-0.39, 0.29) is 17.9 Å². The Kier molecular flexibility index (Phi) is 6.82. The smallest absolute Gasteiger partial charge is 0.223 e. The average Bonchev–Trinajstić information content (AvgIpc) is 3.47. The van der Waals surface area contributed by atoms with Crippen LogP contribution in [0.25, 0.3) is 0 Å². The maximum atomic E-state index is 12.9. The molecule has 0 spiro atoms. The lowest BCUT2D eigenvalue weighted by Crippen LogP contribution is -2.43. The number of piperidine rings is 1. The normalized spacial score (nSPS) is 21.8. The van der Waals surface area contributed by atoms with E-state index in [2.05, 4.69) is 27.3 Å². The van der Waals surface area contributed by atoms with E-state index < -0.39 is 0 Å². The van der Waals surface area contributed by atoms with Crippen molar-refractivity contribution in [2.24, 2.45) is 11.8 Å². The minimum Gasteiger partial charge on any atom is -0.497 e. The second-order valence-electron chi connectivity index (χ2n) is 8.32. The SMILES string of the molecule is COc1ccc(CN2CCC[C@H]([C@@H](NC(=O)C3CCCC3)c3nccs3)C2)cc1. The van der Waals surface area contributed by atoms with Gasteiger partial charge in [-0.3, -0.25) is 9.69 Å². The highest BCUT2D eigenvalue weighted by molar-refractivity contribution is 7.09. The molecule has 1 amide bonds. The summed E-state index contributed by atoms with van der Waals surface area (Å²) in [5.41, 5.74) is 1.30. The lowest BCUT2D eigenvalue weighted by atomic mass is 9.90. The van der Waals surface area contributed by atoms with E-state index >= 15 is 0 Å². The summed E-state index contributed by atoms with van der Waals surface area (Å²) in [6, 6.07) is 8.36. The number of ether oxygens (including phenoxy) is 1. The zero-order chi connectivity index (χ0) is 20.1. The Morgan fingerprint density at radius 1 is 1.24 bits per heavy atom. The van der Waals surface area contributed by atoms with Gasteiger partial charge in [-0.25, -0.2) is 4.98 Å². The van der Waals surface area contributed by atoms with Gasteiger partial charge in [0.15, 0.2) is 0 Å². The van der Waals surface area contributed by atoms with Crippen LogP contribution in [0, 0.1) is 11.8 Å². The van der Waals surface area contributed by atoms with E-state index in [4.69, 9.17) is 4.74 Å². The summed E-state index contributed by atoms with van der Waals surface area (Å²) >= 11 is 1.66. The number of carbonyl (C=O) groups is 1. The molecule has 0 bridgehead atoms. The number of thiazole rings is 1. The molecule has 5 nitrogen and oxygen atoms in total. The summed E-state index contributed by atoms with van der Waals surface area (Å²) in [4.78, 5) is 19.9. The Morgan fingerprint density at radius 3 is 2.72 bits per heavy atom. The fourth-order valence-electron chi connectivity index (χ4n) is 4.72. The quantitative estimate of drug-likeness (QED) is 0.730. The summed E-state index contributed by atoms with van der Waals surface area (Å²) in [6.07, 6.45) is 8.57. The van der Waals surface area contributed by atoms with Crippen LogP contribution >= 0.6 is 11.3 Å². The maximum absolute atomic E-state index is 12.9. The predicted octanol–water partition coefficient (Wildman–Crippen LogP) is 4.41. The molecule has 1 aliphatic heterocycles. The number of rotatable bonds is 7. The topological polar surface area (TPSA) is 54.5 Å². The molecule has 1 aromatic carbocycles. The van der Waals surface area contributed by atoms with Gasteiger partial charge in [0.25, 0.3) is 0 Å². The van der Waals surface area contributed by atoms with Gasteiger partial charge in [-0.1, -0.05) is 25.0 Å². The first kappa shape index (κ1) is 20.4. The van der Waals surface area contributed by atoms with Gasteiger partial charge in [-0.05, 0) is 55.8 Å². The molecule has 2 aromatic rings. The molecule has 4 rings (SSSR count). The van der Waals surface area contributed by atoms with Crippen molar-refractivity contribution in [3.05, 3.63) is 46.4 Å². The third-order valence-electron chi connectivity index (χ3n) is 6.32. The lowest BCUT2D eigenvalue weighted by molar-refractivity contribution is -0.126. The van der Waals surface area contributed by atoms with Gasteiger partial charge in [0.2, 0.25) is 5.91 Å². The number of carbonyl (C=O) groups excluding carboxylic acids is 1. The van der Waals surface area contributed by atoms with Crippen molar-refractivity contribution in [2.45, 2.75) is 51.1 Å². The Hall–Kier alpha value is -1.92. The average molecular weight is 414 g/mol. The molecule has 0 radical (unpaired) electrons. The van der Waals surface area contributed by atoms with Crippen molar-refractivity contribution in [1.82, 2.24) is 15.2 Å². The number of benzene rings is 1. The van der Waals surface area contributed by atoms with Gasteiger partial charge in [0.1, 0.15) is 10.8 Å². The first-order valence-corrected chi connectivity index (χ1v) is 11.7. The molecular weight excluding hydrogens is 382 g/mol. The van der Waals surface area contributed by atoms with Crippen LogP contribution < -0.4 is 10.1 Å². The number of nitrogens with one attached hydrogen (secondary N) is 1. The summed E-state index contributed by atoms with van der Waals surface area (Å²) < 4.78 is 5.27. The Morgan fingerprint density at radius 2 is 2.03 bits per heavy atom. The molecule has 1 saturated heterocycles. The molecule has 1 aromatic heterocycles. The first-order chi connectivity index (χ1) is 14.2. The molecule has 29 heavy (non-hydrogen) atoms. The monoisotopic (exact) mass is 413 g/mol. The molecule has 2 heterocycles. The van der Waals surface area contributed by atoms with Crippen LogP contribution in [-0.4, -0.2) is 36.0 Å². The minimum absolute atomic E-state index is 0.0294. The number of aromatic nitrogens is 1. The van der Waals surface area contributed by atoms with Crippen LogP contribution in [0.2, 0.25) is 0 Å². The number of hydrogen-bond acceptors (Lipinski definition) is 5. The highest BCUT2D eigenvalue weighted by atomic mass is 32.1. The van der Waals surface area contributed by atoms with Gasteiger partial charge in [-0.15, -0.1) is 11.3 Å². The second kappa shape index (κ2) is 9.72. The number of nitrogens with zero attached hydrogens (tertiary/aromatic N) is 2. The van der Waals surface area contributed by atoms with Gasteiger partial charge in [0.05, 0.1) is 13.2 Å². The van der Waals surface area contributed by atoms with Crippen molar-refractivity contribution < 1.29 is 9.53 Å². The van der Waals surface area contributed by atoms with Crippen LogP contribution in [0.1, 0.15) is 55.1 Å². The van der Waals surface area contributed by atoms with Crippen LogP contribution in [0.5, 0.6) is 5.75 Å². The zero-order valence-corrected chi connectivity index (χ0v) is 18.0. The van der Waals surface area contributed by atoms with Crippen LogP contribution in [0.15, 0.2) is 35.8 Å². The number of methoxy groups -OCH3 is 1. The zero-order valence-electron chi connectivity index (χ0n) is 17.2. The lowest BCUT2D eigenvalue weighted by Gasteiger charge is -2.37. The van der Waals surface area contributed by atoms with E-state index in [0.29, 0.717) is 5.92 Å². The van der Waals surface area contributed by atoms with Crippen LogP contribution in [0.3, 0.4) is 0 Å². The van der Waals surface area contributed by atoms with E-state index in [1.807, 2.05) is 23.7 Å². The number of likely N-dealkylation sites (tertiary alicyclic amines) is 1. The van der Waals surface area contributed by atoms with Crippen molar-refractivity contribution in [3.63, 3.8) is 0 Å². The molecule has 2 atom stereocenters. The number of hydrogen-bond donors (Lipinski definition) is 1. The Balaban J connectivity index is 1.43. The fourth-order valence-corrected chi connectivity index (χ4v) is 5.51. The molecule has 6 heteroatoms. The maximum Gasteiger partial charge on any atom is 0.223 e. The summed E-state index contributed by atoms with van der Waals surface area (Å²) in [5.74, 6) is 1.72. The van der Waals surface area contributed by atoms with Crippen molar-refractivity contribution in [2.75, 3.05) is 20.2 Å². The molecule has 0 unspecified atom stereocenters. The van der Waals surface area contributed by atoms with Crippen molar-refractivity contribution >= 4 is 17.2 Å². The van der Waals surface area contributed by atoms with Gasteiger partial charge in [-0.2, -0.15) is 0 Å². The van der Waals surface area contributed by atoms with E-state index in [1.165, 1.54) is 18.4 Å². The molecule has 1 saturated carbocycles. The largest absolute Gasteiger partial charge is 0.497 e. The molecule has 2 fully saturated rings.